The molecule has 1 aliphatic heterocycles. The van der Waals surface area contributed by atoms with Crippen molar-refractivity contribution in [1.82, 2.24) is 15.2 Å². The second kappa shape index (κ2) is 12.1. The van der Waals surface area contributed by atoms with E-state index in [9.17, 15) is 9.59 Å². The van der Waals surface area contributed by atoms with Crippen molar-refractivity contribution >= 4 is 17.6 Å². The number of aromatic nitrogens is 1. The van der Waals surface area contributed by atoms with Gasteiger partial charge in [0.15, 0.2) is 0 Å². The molecule has 7 nitrogen and oxygen atoms in total. The molecule has 1 N–H and O–H groups in total. The molecule has 7 heteroatoms. The fourth-order valence-corrected chi connectivity index (χ4v) is 5.58. The van der Waals surface area contributed by atoms with E-state index in [2.05, 4.69) is 48.1 Å². The van der Waals surface area contributed by atoms with Crippen molar-refractivity contribution in [1.29, 1.82) is 5.26 Å². The molecule has 1 aromatic heterocycles. The Labute approximate surface area is 220 Å². The van der Waals surface area contributed by atoms with E-state index in [4.69, 9.17) is 5.26 Å². The molecule has 0 radical (unpaired) electrons. The van der Waals surface area contributed by atoms with E-state index in [1.165, 1.54) is 5.57 Å². The number of benzene rings is 1. The lowest BCUT2D eigenvalue weighted by Gasteiger charge is -2.39. The Kier molecular flexibility index (Phi) is 8.60. The molecule has 194 valence electrons. The number of carbonyl (C=O) groups excluding carboxylic acids is 2. The Morgan fingerprint density at radius 2 is 1.84 bits per heavy atom. The smallest absolute Gasteiger partial charge is 0.251 e. The van der Waals surface area contributed by atoms with Crippen molar-refractivity contribution in [2.75, 3.05) is 37.6 Å². The second-order valence-electron chi connectivity index (χ2n) is 10.6. The molecular formula is C30H37N5O2. The number of nitrogens with one attached hydrogen (secondary N) is 1. The normalized spacial score (nSPS) is 21.8. The lowest BCUT2D eigenvalue weighted by atomic mass is 9.69. The average molecular weight is 500 g/mol. The van der Waals surface area contributed by atoms with E-state index in [-0.39, 0.29) is 23.7 Å². The molecule has 4 rings (SSSR count). The van der Waals surface area contributed by atoms with Gasteiger partial charge in [-0.25, -0.2) is 4.98 Å². The van der Waals surface area contributed by atoms with Gasteiger partial charge in [0, 0.05) is 50.9 Å². The van der Waals surface area contributed by atoms with Crippen molar-refractivity contribution in [3.8, 4) is 6.07 Å². The van der Waals surface area contributed by atoms with Crippen LogP contribution in [-0.4, -0.2) is 54.4 Å². The maximum absolute atomic E-state index is 13.2. The molecule has 0 bridgehead atoms. The molecule has 0 unspecified atom stereocenters. The Morgan fingerprint density at radius 3 is 2.46 bits per heavy atom. The van der Waals surface area contributed by atoms with Gasteiger partial charge in [-0.05, 0) is 73.4 Å². The fourth-order valence-electron chi connectivity index (χ4n) is 5.58. The zero-order valence-corrected chi connectivity index (χ0v) is 22.1. The van der Waals surface area contributed by atoms with Crippen LogP contribution in [-0.2, 0) is 4.79 Å². The molecule has 2 amide bonds. The maximum Gasteiger partial charge on any atom is 0.251 e. The number of pyridine rings is 1. The number of rotatable bonds is 7. The summed E-state index contributed by atoms with van der Waals surface area (Å²) >= 11 is 0. The summed E-state index contributed by atoms with van der Waals surface area (Å²) in [5, 5.41) is 12.1. The molecule has 2 aromatic rings. The van der Waals surface area contributed by atoms with Gasteiger partial charge in [-0.2, -0.15) is 5.26 Å². The van der Waals surface area contributed by atoms with E-state index in [1.807, 2.05) is 29.3 Å². The number of hydrogen-bond acceptors (Lipinski definition) is 5. The van der Waals surface area contributed by atoms with Gasteiger partial charge in [0.25, 0.3) is 5.91 Å². The van der Waals surface area contributed by atoms with Crippen molar-refractivity contribution in [2.24, 2.45) is 23.7 Å². The summed E-state index contributed by atoms with van der Waals surface area (Å²) in [4.78, 5) is 34.6. The van der Waals surface area contributed by atoms with Crippen LogP contribution in [0.2, 0.25) is 0 Å². The molecule has 1 fully saturated rings. The van der Waals surface area contributed by atoms with Crippen LogP contribution in [0.3, 0.4) is 0 Å². The molecule has 2 aliphatic rings. The van der Waals surface area contributed by atoms with Gasteiger partial charge in [0.2, 0.25) is 5.91 Å². The van der Waals surface area contributed by atoms with E-state index < -0.39 is 0 Å². The third-order valence-corrected chi connectivity index (χ3v) is 7.89. The van der Waals surface area contributed by atoms with Gasteiger partial charge < -0.3 is 15.1 Å². The van der Waals surface area contributed by atoms with Crippen molar-refractivity contribution < 1.29 is 9.59 Å². The summed E-state index contributed by atoms with van der Waals surface area (Å²) in [5.41, 5.74) is 2.34. The molecule has 2 heterocycles. The predicted octanol–water partition coefficient (Wildman–Crippen LogP) is 4.28. The van der Waals surface area contributed by atoms with Crippen LogP contribution < -0.4 is 10.2 Å². The van der Waals surface area contributed by atoms with E-state index in [1.54, 1.807) is 24.3 Å². The number of carbonyl (C=O) groups is 2. The number of piperazine rings is 1. The van der Waals surface area contributed by atoms with E-state index in [0.717, 1.165) is 38.4 Å². The van der Waals surface area contributed by atoms with Crippen molar-refractivity contribution in [2.45, 2.75) is 33.6 Å². The fraction of sp³-hybridized carbons (Fsp3) is 0.467. The van der Waals surface area contributed by atoms with Crippen LogP contribution >= 0.6 is 0 Å². The number of amides is 2. The zero-order chi connectivity index (χ0) is 26.4. The van der Waals surface area contributed by atoms with Crippen LogP contribution in [0.1, 0.15) is 49.5 Å². The Hall–Kier alpha value is -3.66. The third-order valence-electron chi connectivity index (χ3n) is 7.89. The lowest BCUT2D eigenvalue weighted by molar-refractivity contribution is -0.132. The largest absolute Gasteiger partial charge is 0.353 e. The predicted molar refractivity (Wildman–Crippen MR) is 145 cm³/mol. The number of hydrogen-bond donors (Lipinski definition) is 1. The highest BCUT2D eigenvalue weighted by atomic mass is 16.2. The summed E-state index contributed by atoms with van der Waals surface area (Å²) in [6.45, 7) is 10.2. The lowest BCUT2D eigenvalue weighted by Crippen LogP contribution is -2.49. The van der Waals surface area contributed by atoms with Gasteiger partial charge in [-0.1, -0.05) is 31.6 Å². The Balaban J connectivity index is 1.33. The first-order valence-corrected chi connectivity index (χ1v) is 13.3. The number of allylic oxidation sites excluding steroid dienone is 1. The van der Waals surface area contributed by atoms with Crippen molar-refractivity contribution in [3.63, 3.8) is 0 Å². The van der Waals surface area contributed by atoms with Crippen LogP contribution in [0.25, 0.3) is 0 Å². The maximum atomic E-state index is 13.2. The van der Waals surface area contributed by atoms with Crippen LogP contribution in [0.5, 0.6) is 0 Å². The first-order chi connectivity index (χ1) is 17.9. The quantitative estimate of drug-likeness (QED) is 0.575. The molecule has 1 aromatic carbocycles. The summed E-state index contributed by atoms with van der Waals surface area (Å²) in [6, 6.07) is 14.7. The second-order valence-corrected chi connectivity index (χ2v) is 10.6. The zero-order valence-electron chi connectivity index (χ0n) is 22.1. The van der Waals surface area contributed by atoms with E-state index in [0.29, 0.717) is 35.9 Å². The highest BCUT2D eigenvalue weighted by molar-refractivity contribution is 5.94. The molecule has 0 saturated carbocycles. The molecule has 0 spiro atoms. The van der Waals surface area contributed by atoms with Gasteiger partial charge in [0.05, 0.1) is 11.6 Å². The minimum absolute atomic E-state index is 0.125. The number of nitriles is 1. The van der Waals surface area contributed by atoms with Crippen molar-refractivity contribution in [3.05, 3.63) is 71.4 Å². The SMILES string of the molecule is CC1=C[C@@H](CNC(=O)c2ccc(C#N)cc2)[C@H](C(C)C)C[C@H]1CC(=O)N1CCN(c2ccccn2)CC1. The first kappa shape index (κ1) is 26.4. The summed E-state index contributed by atoms with van der Waals surface area (Å²) in [7, 11) is 0. The van der Waals surface area contributed by atoms with Crippen LogP contribution in [0, 0.1) is 35.0 Å². The Bertz CT molecular complexity index is 1140. The monoisotopic (exact) mass is 499 g/mol. The Morgan fingerprint density at radius 1 is 1.11 bits per heavy atom. The van der Waals surface area contributed by atoms with E-state index >= 15 is 0 Å². The van der Waals surface area contributed by atoms with Crippen LogP contribution in [0.4, 0.5) is 5.82 Å². The summed E-state index contributed by atoms with van der Waals surface area (Å²) in [6.07, 6.45) is 5.59. The highest BCUT2D eigenvalue weighted by Crippen LogP contribution is 2.39. The van der Waals surface area contributed by atoms with Gasteiger partial charge >= 0.3 is 0 Å². The van der Waals surface area contributed by atoms with Crippen LogP contribution in [0.15, 0.2) is 60.3 Å². The summed E-state index contributed by atoms with van der Waals surface area (Å²) in [5.74, 6) is 2.38. The highest BCUT2D eigenvalue weighted by Gasteiger charge is 2.34. The molecule has 1 aliphatic carbocycles. The minimum atomic E-state index is -0.125. The molecule has 3 atom stereocenters. The van der Waals surface area contributed by atoms with Gasteiger partial charge in [0.1, 0.15) is 5.82 Å². The van der Waals surface area contributed by atoms with Gasteiger partial charge in [-0.15, -0.1) is 0 Å². The summed E-state index contributed by atoms with van der Waals surface area (Å²) < 4.78 is 0. The number of anilines is 1. The third kappa shape index (κ3) is 6.56. The standard InChI is InChI=1S/C30H37N5O2/c1-21(2)27-17-25(18-29(36)35-14-12-34(13-15-35)28-6-4-5-11-32-28)22(3)16-26(27)20-33-30(37)24-9-7-23(19-31)8-10-24/h4-11,16,21,25-27H,12-15,17-18,20H2,1-3H3,(H,33,37)/t25-,26-,27-/m0/s1. The number of nitrogens with zero attached hydrogens (tertiary/aromatic N) is 4. The topological polar surface area (TPSA) is 89.3 Å². The minimum Gasteiger partial charge on any atom is -0.353 e. The first-order valence-electron chi connectivity index (χ1n) is 13.3. The molecular weight excluding hydrogens is 462 g/mol. The molecule has 1 saturated heterocycles. The van der Waals surface area contributed by atoms with Gasteiger partial charge in [-0.3, -0.25) is 9.59 Å². The molecule has 37 heavy (non-hydrogen) atoms. The average Bonchev–Trinajstić information content (AvgIpc) is 2.93.